The Morgan fingerprint density at radius 3 is 2.81 bits per heavy atom. The number of H-pyrrole nitrogens is 2. The molecule has 1 saturated heterocycles. The molecule has 3 N–H and O–H groups in total. The minimum absolute atomic E-state index is 0.431. The second kappa shape index (κ2) is 7.17. The molecule has 4 aromatic heterocycles. The van der Waals surface area contributed by atoms with Crippen LogP contribution in [0.2, 0.25) is 0 Å². The van der Waals surface area contributed by atoms with Gasteiger partial charge in [-0.3, -0.25) is 14.9 Å². The predicted octanol–water partition coefficient (Wildman–Crippen LogP) is 3.10. The second-order valence-electron chi connectivity index (χ2n) is 8.07. The van der Waals surface area contributed by atoms with Crippen LogP contribution in [0.1, 0.15) is 18.9 Å². The maximum Gasteiger partial charge on any atom is 0.162 e. The van der Waals surface area contributed by atoms with Crippen LogP contribution in [0, 0.1) is 0 Å². The van der Waals surface area contributed by atoms with Crippen molar-refractivity contribution in [2.75, 3.05) is 25.5 Å². The van der Waals surface area contributed by atoms with Crippen molar-refractivity contribution in [1.82, 2.24) is 45.0 Å². The number of nitrogens with zero attached hydrogens (tertiary/aromatic N) is 7. The lowest BCUT2D eigenvalue weighted by atomic mass is 10.1. The molecule has 0 radical (unpaired) electrons. The maximum absolute atomic E-state index is 4.79. The van der Waals surface area contributed by atoms with Gasteiger partial charge in [-0.2, -0.15) is 15.3 Å². The predicted molar refractivity (Wildman–Crippen MR) is 118 cm³/mol. The Morgan fingerprint density at radius 1 is 1.03 bits per heavy atom. The first-order valence-corrected chi connectivity index (χ1v) is 10.4. The molecule has 1 aromatic carbocycles. The average Bonchev–Trinajstić information content (AvgIpc) is 3.54. The maximum atomic E-state index is 4.79. The minimum atomic E-state index is 0.431. The van der Waals surface area contributed by atoms with E-state index in [0.717, 1.165) is 59.1 Å². The first kappa shape index (κ1) is 18.0. The molecular weight excluding hydrogens is 392 g/mol. The highest BCUT2D eigenvalue weighted by Gasteiger charge is 2.19. The molecular formula is C21H22N10. The van der Waals surface area contributed by atoms with Gasteiger partial charge in [0.1, 0.15) is 11.0 Å². The van der Waals surface area contributed by atoms with Crippen molar-refractivity contribution in [2.45, 2.75) is 18.9 Å². The molecule has 156 valence electrons. The zero-order valence-electron chi connectivity index (χ0n) is 17.1. The van der Waals surface area contributed by atoms with Crippen LogP contribution in [0.15, 0.2) is 43.0 Å². The van der Waals surface area contributed by atoms with Crippen LogP contribution in [0.5, 0.6) is 0 Å². The van der Waals surface area contributed by atoms with Crippen LogP contribution < -0.4 is 5.32 Å². The molecule has 0 saturated carbocycles. The topological polar surface area (TPSA) is 116 Å². The van der Waals surface area contributed by atoms with Gasteiger partial charge in [0.2, 0.25) is 0 Å². The molecule has 0 atom stereocenters. The number of hydrogen-bond acceptors (Lipinski definition) is 7. The number of fused-ring (bicyclic) bond motifs is 2. The Bertz CT molecular complexity index is 1360. The minimum Gasteiger partial charge on any atom is -0.336 e. The lowest BCUT2D eigenvalue weighted by Crippen LogP contribution is -2.31. The molecule has 10 heteroatoms. The lowest BCUT2D eigenvalue weighted by Gasteiger charge is -2.28. The van der Waals surface area contributed by atoms with Crippen LogP contribution in [0.25, 0.3) is 33.3 Å². The average molecular weight is 414 g/mol. The van der Waals surface area contributed by atoms with Crippen LogP contribution in [0.3, 0.4) is 0 Å². The largest absolute Gasteiger partial charge is 0.336 e. The van der Waals surface area contributed by atoms with Gasteiger partial charge in [-0.1, -0.05) is 12.1 Å². The summed E-state index contributed by atoms with van der Waals surface area (Å²) in [4.78, 5) is 11.8. The third kappa shape index (κ3) is 3.30. The van der Waals surface area contributed by atoms with Gasteiger partial charge in [-0.05, 0) is 39.0 Å². The summed E-state index contributed by atoms with van der Waals surface area (Å²) in [6.45, 7) is 2.19. The Labute approximate surface area is 177 Å². The van der Waals surface area contributed by atoms with Crippen molar-refractivity contribution >= 4 is 33.4 Å². The van der Waals surface area contributed by atoms with E-state index in [1.54, 1.807) is 12.4 Å². The summed E-state index contributed by atoms with van der Waals surface area (Å²) >= 11 is 0. The molecule has 0 aliphatic carbocycles. The van der Waals surface area contributed by atoms with Gasteiger partial charge in [0.25, 0.3) is 0 Å². The van der Waals surface area contributed by atoms with Crippen LogP contribution >= 0.6 is 0 Å². The standard InChI is InChI=1S/C21H22N10/c1-30-6-4-16(5-7-30)31-12-15(10-24-31)25-21-19-18(11-23-29-19)26-20(27-21)13-2-3-14-9-22-28-17(14)8-13/h2-3,8-12,16H,4-7H2,1H3,(H,22,28)(H,23,29)(H,25,26,27). The van der Waals surface area contributed by atoms with Crippen molar-refractivity contribution in [3.05, 3.63) is 43.0 Å². The van der Waals surface area contributed by atoms with E-state index < -0.39 is 0 Å². The molecule has 1 aliphatic heterocycles. The normalized spacial score (nSPS) is 15.8. The number of aromatic amines is 2. The van der Waals surface area contributed by atoms with Gasteiger partial charge >= 0.3 is 0 Å². The summed E-state index contributed by atoms with van der Waals surface area (Å²) in [6.07, 6.45) is 9.62. The van der Waals surface area contributed by atoms with Crippen molar-refractivity contribution in [3.63, 3.8) is 0 Å². The monoisotopic (exact) mass is 414 g/mol. The van der Waals surface area contributed by atoms with Crippen LogP contribution in [-0.2, 0) is 0 Å². The lowest BCUT2D eigenvalue weighted by molar-refractivity contribution is 0.212. The molecule has 0 bridgehead atoms. The van der Waals surface area contributed by atoms with Crippen molar-refractivity contribution in [3.8, 4) is 11.4 Å². The number of anilines is 2. The van der Waals surface area contributed by atoms with Crippen LogP contribution in [-0.4, -0.2) is 65.2 Å². The molecule has 5 aromatic rings. The molecule has 0 unspecified atom stereocenters. The van der Waals surface area contributed by atoms with Crippen molar-refractivity contribution in [1.29, 1.82) is 0 Å². The summed E-state index contributed by atoms with van der Waals surface area (Å²) in [7, 11) is 2.17. The Morgan fingerprint density at radius 2 is 1.90 bits per heavy atom. The number of aromatic nitrogens is 8. The van der Waals surface area contributed by atoms with E-state index in [1.807, 2.05) is 24.4 Å². The molecule has 5 heterocycles. The van der Waals surface area contributed by atoms with E-state index in [4.69, 9.17) is 4.98 Å². The third-order valence-corrected chi connectivity index (χ3v) is 5.93. The number of benzene rings is 1. The number of likely N-dealkylation sites (tertiary alicyclic amines) is 1. The molecule has 10 nitrogen and oxygen atoms in total. The molecule has 0 spiro atoms. The summed E-state index contributed by atoms with van der Waals surface area (Å²) < 4.78 is 2.06. The highest BCUT2D eigenvalue weighted by molar-refractivity contribution is 5.89. The third-order valence-electron chi connectivity index (χ3n) is 5.93. The molecule has 1 fully saturated rings. The van der Waals surface area contributed by atoms with Gasteiger partial charge in [-0.25, -0.2) is 9.97 Å². The Balaban J connectivity index is 1.33. The summed E-state index contributed by atoms with van der Waals surface area (Å²) in [6, 6.07) is 6.45. The van der Waals surface area contributed by atoms with Gasteiger partial charge < -0.3 is 10.2 Å². The second-order valence-corrected chi connectivity index (χ2v) is 8.07. The zero-order valence-corrected chi connectivity index (χ0v) is 17.1. The number of rotatable bonds is 4. The van der Waals surface area contributed by atoms with Crippen molar-refractivity contribution in [2.24, 2.45) is 0 Å². The fourth-order valence-electron chi connectivity index (χ4n) is 4.13. The quantitative estimate of drug-likeness (QED) is 0.414. The fourth-order valence-corrected chi connectivity index (χ4v) is 4.13. The zero-order chi connectivity index (χ0) is 20.8. The van der Waals surface area contributed by atoms with E-state index in [2.05, 4.69) is 58.6 Å². The van der Waals surface area contributed by atoms with E-state index >= 15 is 0 Å². The first-order chi connectivity index (χ1) is 15.2. The molecule has 0 amide bonds. The summed E-state index contributed by atoms with van der Waals surface area (Å²) in [5, 5.41) is 23.3. The van der Waals surface area contributed by atoms with E-state index in [9.17, 15) is 0 Å². The van der Waals surface area contributed by atoms with Crippen LogP contribution in [0.4, 0.5) is 11.5 Å². The SMILES string of the molecule is CN1CCC(n2cc(Nc3nc(-c4ccc5cn[nH]c5c4)nc4cn[nH]c34)cn2)CC1. The van der Waals surface area contributed by atoms with Gasteiger partial charge in [-0.15, -0.1) is 0 Å². The highest BCUT2D eigenvalue weighted by atomic mass is 15.3. The Kier molecular flexibility index (Phi) is 4.17. The smallest absolute Gasteiger partial charge is 0.162 e. The molecule has 31 heavy (non-hydrogen) atoms. The number of nitrogens with one attached hydrogen (secondary N) is 3. The van der Waals surface area contributed by atoms with E-state index in [1.165, 1.54) is 0 Å². The number of piperidine rings is 1. The Hall–Kier alpha value is -3.79. The van der Waals surface area contributed by atoms with E-state index in [-0.39, 0.29) is 0 Å². The molecule has 6 rings (SSSR count). The van der Waals surface area contributed by atoms with Crippen molar-refractivity contribution < 1.29 is 0 Å². The van der Waals surface area contributed by atoms with Gasteiger partial charge in [0.15, 0.2) is 11.6 Å². The number of hydrogen-bond donors (Lipinski definition) is 3. The molecule has 1 aliphatic rings. The first-order valence-electron chi connectivity index (χ1n) is 10.4. The fraction of sp³-hybridized carbons (Fsp3) is 0.286. The summed E-state index contributed by atoms with van der Waals surface area (Å²) in [5.41, 5.74) is 4.26. The van der Waals surface area contributed by atoms with Gasteiger partial charge in [0, 0.05) is 17.1 Å². The van der Waals surface area contributed by atoms with E-state index in [0.29, 0.717) is 17.7 Å². The van der Waals surface area contributed by atoms with Gasteiger partial charge in [0.05, 0.1) is 35.8 Å². The highest BCUT2D eigenvalue weighted by Crippen LogP contribution is 2.28. The summed E-state index contributed by atoms with van der Waals surface area (Å²) in [5.74, 6) is 1.29.